The van der Waals surface area contributed by atoms with Gasteiger partial charge in [0.1, 0.15) is 6.29 Å². The lowest BCUT2D eigenvalue weighted by Gasteiger charge is -1.99. The molecule has 0 aliphatic heterocycles. The quantitative estimate of drug-likeness (QED) is 0.448. The summed E-state index contributed by atoms with van der Waals surface area (Å²) in [6, 6.07) is 5.11. The Morgan fingerprint density at radius 1 is 1.27 bits per heavy atom. The molecule has 0 aromatic heterocycles. The van der Waals surface area contributed by atoms with E-state index < -0.39 is 10.0 Å². The first-order chi connectivity index (χ1) is 6.95. The topological polar surface area (TPSA) is 94.3 Å². The zero-order valence-corrected chi connectivity index (χ0v) is 8.53. The van der Waals surface area contributed by atoms with Crippen LogP contribution in [0.15, 0.2) is 29.2 Å². The van der Waals surface area contributed by atoms with Crippen molar-refractivity contribution in [2.45, 2.75) is 11.3 Å². The normalized spacial score (nSPS) is 11.0. The maximum absolute atomic E-state index is 11.2. The third-order valence-electron chi connectivity index (χ3n) is 1.77. The van der Waals surface area contributed by atoms with Gasteiger partial charge in [0.05, 0.1) is 11.3 Å². The van der Waals surface area contributed by atoms with Crippen molar-refractivity contribution >= 4 is 22.1 Å². The zero-order valence-electron chi connectivity index (χ0n) is 7.71. The van der Waals surface area contributed by atoms with Gasteiger partial charge in [0.15, 0.2) is 5.78 Å². The molecule has 0 radical (unpaired) electrons. The minimum Gasteiger partial charge on any atom is -0.303 e. The van der Waals surface area contributed by atoms with Gasteiger partial charge in [-0.2, -0.15) is 0 Å². The van der Waals surface area contributed by atoms with E-state index in [0.717, 1.165) is 0 Å². The molecule has 0 spiro atoms. The number of ketones is 1. The number of hydrogen-bond donors (Lipinski definition) is 1. The van der Waals surface area contributed by atoms with Gasteiger partial charge in [0.2, 0.25) is 10.0 Å². The molecule has 80 valence electrons. The molecule has 6 heteroatoms. The van der Waals surface area contributed by atoms with Crippen LogP contribution in [-0.4, -0.2) is 20.5 Å². The van der Waals surface area contributed by atoms with Crippen molar-refractivity contribution in [3.05, 3.63) is 29.8 Å². The van der Waals surface area contributed by atoms with Crippen LogP contribution in [0.3, 0.4) is 0 Å². The summed E-state index contributed by atoms with van der Waals surface area (Å²) >= 11 is 0. The number of primary sulfonamides is 1. The highest BCUT2D eigenvalue weighted by Gasteiger charge is 2.09. The van der Waals surface area contributed by atoms with Crippen LogP contribution in [0.2, 0.25) is 0 Å². The third-order valence-corrected chi connectivity index (χ3v) is 2.70. The molecule has 0 saturated carbocycles. The van der Waals surface area contributed by atoms with E-state index in [1.165, 1.54) is 24.3 Å². The lowest BCUT2D eigenvalue weighted by atomic mass is 10.1. The number of carbonyl (C=O) groups is 2. The molecule has 0 fully saturated rings. The number of nitrogens with two attached hydrogens (primary N) is 1. The van der Waals surface area contributed by atoms with E-state index in [1.54, 1.807) is 0 Å². The first-order valence-corrected chi connectivity index (χ1v) is 5.59. The standard InChI is InChI=1S/C9H9NO4S/c10-15(13,14)8-3-1-7(2-4-8)9(12)5-6-11/h1-4,6H,5H2,(H2,10,13,14). The van der Waals surface area contributed by atoms with Crippen LogP contribution in [0.5, 0.6) is 0 Å². The zero-order chi connectivity index (χ0) is 11.5. The largest absolute Gasteiger partial charge is 0.303 e. The molecule has 1 aromatic carbocycles. The smallest absolute Gasteiger partial charge is 0.238 e. The molecule has 0 amide bonds. The highest BCUT2D eigenvalue weighted by atomic mass is 32.2. The molecule has 2 N–H and O–H groups in total. The van der Waals surface area contributed by atoms with Gasteiger partial charge in [0.25, 0.3) is 0 Å². The molecule has 15 heavy (non-hydrogen) atoms. The lowest BCUT2D eigenvalue weighted by Crippen LogP contribution is -2.12. The van der Waals surface area contributed by atoms with E-state index in [4.69, 9.17) is 5.14 Å². The van der Waals surface area contributed by atoms with E-state index in [2.05, 4.69) is 0 Å². The van der Waals surface area contributed by atoms with Crippen LogP contribution in [-0.2, 0) is 14.8 Å². The second-order valence-electron chi connectivity index (χ2n) is 2.86. The fraction of sp³-hybridized carbons (Fsp3) is 0.111. The number of sulfonamides is 1. The third kappa shape index (κ3) is 2.97. The second kappa shape index (κ2) is 4.33. The van der Waals surface area contributed by atoms with Gasteiger partial charge in [-0.05, 0) is 12.1 Å². The summed E-state index contributed by atoms with van der Waals surface area (Å²) in [5.74, 6) is -0.356. The Balaban J connectivity index is 3.00. The van der Waals surface area contributed by atoms with E-state index >= 15 is 0 Å². The first kappa shape index (κ1) is 11.5. The Bertz CT molecular complexity index is 475. The van der Waals surface area contributed by atoms with Crippen molar-refractivity contribution in [1.29, 1.82) is 0 Å². The number of benzene rings is 1. The summed E-state index contributed by atoms with van der Waals surface area (Å²) in [5.41, 5.74) is 0.287. The van der Waals surface area contributed by atoms with Crippen molar-refractivity contribution in [2.24, 2.45) is 5.14 Å². The van der Waals surface area contributed by atoms with Gasteiger partial charge < -0.3 is 4.79 Å². The van der Waals surface area contributed by atoms with Gasteiger partial charge in [0, 0.05) is 5.56 Å². The van der Waals surface area contributed by atoms with Crippen molar-refractivity contribution in [3.8, 4) is 0 Å². The summed E-state index contributed by atoms with van der Waals surface area (Å²) in [6.07, 6.45) is 0.282. The Hall–Kier alpha value is -1.53. The minimum absolute atomic E-state index is 0.0647. The number of rotatable bonds is 4. The molecule has 0 bridgehead atoms. The summed E-state index contributed by atoms with van der Waals surface area (Å²) in [6.45, 7) is 0. The molecule has 0 unspecified atom stereocenters. The minimum atomic E-state index is -3.74. The summed E-state index contributed by atoms with van der Waals surface area (Å²) in [4.78, 5) is 21.2. The Labute approximate surface area is 86.9 Å². The molecule has 0 heterocycles. The van der Waals surface area contributed by atoms with Crippen molar-refractivity contribution in [1.82, 2.24) is 0 Å². The van der Waals surface area contributed by atoms with Gasteiger partial charge in [-0.15, -0.1) is 0 Å². The van der Waals surface area contributed by atoms with E-state index in [0.29, 0.717) is 6.29 Å². The molecule has 1 rings (SSSR count). The number of Topliss-reactive ketones (excluding diaryl/α,β-unsaturated/α-hetero) is 1. The number of hydrogen-bond acceptors (Lipinski definition) is 4. The summed E-state index contributed by atoms with van der Waals surface area (Å²) in [5, 5.41) is 4.87. The summed E-state index contributed by atoms with van der Waals surface area (Å²) < 4.78 is 21.8. The van der Waals surface area contributed by atoms with E-state index in [-0.39, 0.29) is 22.7 Å². The maximum atomic E-state index is 11.2. The molecule has 0 atom stereocenters. The SMILES string of the molecule is NS(=O)(=O)c1ccc(C(=O)CC=O)cc1. The fourth-order valence-electron chi connectivity index (χ4n) is 1.02. The average molecular weight is 227 g/mol. The molecular weight excluding hydrogens is 218 g/mol. The number of aldehydes is 1. The second-order valence-corrected chi connectivity index (χ2v) is 4.42. The van der Waals surface area contributed by atoms with Crippen LogP contribution in [0.1, 0.15) is 16.8 Å². The highest BCUT2D eigenvalue weighted by molar-refractivity contribution is 7.89. The molecule has 0 aliphatic carbocycles. The molecule has 0 aliphatic rings. The summed E-state index contributed by atoms with van der Waals surface area (Å²) in [7, 11) is -3.74. The first-order valence-electron chi connectivity index (χ1n) is 4.05. The van der Waals surface area contributed by atoms with Crippen LogP contribution >= 0.6 is 0 Å². The molecule has 5 nitrogen and oxygen atoms in total. The van der Waals surface area contributed by atoms with E-state index in [9.17, 15) is 18.0 Å². The van der Waals surface area contributed by atoms with Gasteiger partial charge in [-0.1, -0.05) is 12.1 Å². The Morgan fingerprint density at radius 3 is 2.20 bits per heavy atom. The van der Waals surface area contributed by atoms with Gasteiger partial charge >= 0.3 is 0 Å². The van der Waals surface area contributed by atoms with Crippen molar-refractivity contribution in [3.63, 3.8) is 0 Å². The average Bonchev–Trinajstić information content (AvgIpc) is 2.17. The molecule has 0 saturated heterocycles. The monoisotopic (exact) mass is 227 g/mol. The van der Waals surface area contributed by atoms with Crippen LogP contribution in [0, 0.1) is 0 Å². The van der Waals surface area contributed by atoms with Crippen LogP contribution in [0.25, 0.3) is 0 Å². The van der Waals surface area contributed by atoms with Gasteiger partial charge in [-0.25, -0.2) is 13.6 Å². The van der Waals surface area contributed by atoms with Crippen molar-refractivity contribution in [2.75, 3.05) is 0 Å². The van der Waals surface area contributed by atoms with Gasteiger partial charge in [-0.3, -0.25) is 4.79 Å². The Morgan fingerprint density at radius 2 is 1.80 bits per heavy atom. The van der Waals surface area contributed by atoms with Crippen LogP contribution in [0.4, 0.5) is 0 Å². The highest BCUT2D eigenvalue weighted by Crippen LogP contribution is 2.09. The lowest BCUT2D eigenvalue weighted by molar-refractivity contribution is -0.107. The molecule has 1 aromatic rings. The molecular formula is C9H9NO4S. The maximum Gasteiger partial charge on any atom is 0.238 e. The van der Waals surface area contributed by atoms with Crippen LogP contribution < -0.4 is 5.14 Å². The number of carbonyl (C=O) groups excluding carboxylic acids is 2. The van der Waals surface area contributed by atoms with Crippen molar-refractivity contribution < 1.29 is 18.0 Å². The fourth-order valence-corrected chi connectivity index (χ4v) is 1.54. The predicted molar refractivity (Wildman–Crippen MR) is 52.8 cm³/mol. The van der Waals surface area contributed by atoms with E-state index in [1.807, 2.05) is 0 Å². The Kier molecular flexibility index (Phi) is 3.33. The predicted octanol–water partition coefficient (Wildman–Crippen LogP) is 0.106.